The zero-order valence-electron chi connectivity index (χ0n) is 13.6. The van der Waals surface area contributed by atoms with Crippen LogP contribution in [0.15, 0.2) is 23.2 Å². The number of nitrogens with zero attached hydrogens (tertiary/aromatic N) is 3. The van der Waals surface area contributed by atoms with Crippen molar-refractivity contribution in [2.75, 3.05) is 6.26 Å². The summed E-state index contributed by atoms with van der Waals surface area (Å²) < 4.78 is 0. The number of rotatable bonds is 2. The Kier molecular flexibility index (Phi) is 4.73. The number of carbonyl (C=O) groups excluding carboxylic acids is 4. The Bertz CT molecular complexity index is 904. The van der Waals surface area contributed by atoms with Gasteiger partial charge in [-0.05, 0) is 30.9 Å². The van der Waals surface area contributed by atoms with Gasteiger partial charge in [0.2, 0.25) is 11.8 Å². The first kappa shape index (κ1) is 17.6. The molecule has 1 atom stereocenters. The number of fused-ring (bicyclic) bond motifs is 1. The molecule has 1 aromatic carbocycles. The van der Waals surface area contributed by atoms with Gasteiger partial charge in [-0.15, -0.1) is 0 Å². The molecule has 0 aliphatic carbocycles. The van der Waals surface area contributed by atoms with Gasteiger partial charge in [-0.2, -0.15) is 5.26 Å². The lowest BCUT2D eigenvalue weighted by Gasteiger charge is -2.27. The molecular weight excluding hydrogens is 358 g/mol. The third kappa shape index (κ3) is 3.04. The van der Waals surface area contributed by atoms with Gasteiger partial charge in [-0.25, -0.2) is 4.99 Å². The fraction of sp³-hybridized carbons (Fsp3) is 0.250. The zero-order chi connectivity index (χ0) is 18.8. The lowest BCUT2D eigenvalue weighted by molar-refractivity contribution is -0.136. The molecule has 3 rings (SSSR count). The van der Waals surface area contributed by atoms with E-state index in [0.29, 0.717) is 10.9 Å². The number of benzene rings is 1. The SMILES string of the molecule is CSC(=Nc1ccc2c(c1)C(=O)N(C1CCC(=O)NC1=O)C2=O)NC#N. The highest BCUT2D eigenvalue weighted by molar-refractivity contribution is 8.13. The van der Waals surface area contributed by atoms with Crippen LogP contribution in [0.4, 0.5) is 5.69 Å². The van der Waals surface area contributed by atoms with Crippen molar-refractivity contribution < 1.29 is 19.2 Å². The third-order valence-corrected chi connectivity index (χ3v) is 4.59. The maximum Gasteiger partial charge on any atom is 0.262 e. The van der Waals surface area contributed by atoms with Gasteiger partial charge < -0.3 is 0 Å². The zero-order valence-corrected chi connectivity index (χ0v) is 14.4. The quantitative estimate of drug-likeness (QED) is 0.254. The summed E-state index contributed by atoms with van der Waals surface area (Å²) in [4.78, 5) is 53.6. The van der Waals surface area contributed by atoms with Crippen molar-refractivity contribution in [2.45, 2.75) is 18.9 Å². The summed E-state index contributed by atoms with van der Waals surface area (Å²) in [6, 6.07) is 3.45. The summed E-state index contributed by atoms with van der Waals surface area (Å²) in [5, 5.41) is 13.6. The maximum absolute atomic E-state index is 12.7. The van der Waals surface area contributed by atoms with Crippen molar-refractivity contribution in [3.8, 4) is 6.19 Å². The number of nitrogens with one attached hydrogen (secondary N) is 2. The maximum atomic E-state index is 12.7. The van der Waals surface area contributed by atoms with Crippen molar-refractivity contribution in [3.05, 3.63) is 29.3 Å². The molecule has 0 saturated carbocycles. The third-order valence-electron chi connectivity index (χ3n) is 4.01. The topological polar surface area (TPSA) is 132 Å². The van der Waals surface area contributed by atoms with Gasteiger partial charge in [0.1, 0.15) is 6.04 Å². The molecule has 26 heavy (non-hydrogen) atoms. The first-order chi connectivity index (χ1) is 12.5. The van der Waals surface area contributed by atoms with E-state index in [4.69, 9.17) is 5.26 Å². The Morgan fingerprint density at radius 3 is 2.69 bits per heavy atom. The van der Waals surface area contributed by atoms with Gasteiger partial charge in [0.15, 0.2) is 11.4 Å². The highest BCUT2D eigenvalue weighted by Gasteiger charge is 2.44. The second-order valence-electron chi connectivity index (χ2n) is 5.53. The second kappa shape index (κ2) is 6.97. The lowest BCUT2D eigenvalue weighted by Crippen LogP contribution is -2.54. The summed E-state index contributed by atoms with van der Waals surface area (Å²) >= 11 is 1.22. The molecule has 0 bridgehead atoms. The first-order valence-corrected chi connectivity index (χ1v) is 8.82. The normalized spacial score (nSPS) is 19.9. The van der Waals surface area contributed by atoms with Gasteiger partial charge in [0, 0.05) is 6.42 Å². The molecule has 2 N–H and O–H groups in total. The number of imide groups is 2. The molecule has 9 nitrogen and oxygen atoms in total. The van der Waals surface area contributed by atoms with E-state index in [0.717, 1.165) is 4.90 Å². The van der Waals surface area contributed by atoms with Gasteiger partial charge in [-0.1, -0.05) is 11.8 Å². The van der Waals surface area contributed by atoms with E-state index in [1.807, 2.05) is 0 Å². The van der Waals surface area contributed by atoms with Crippen molar-refractivity contribution in [1.82, 2.24) is 15.5 Å². The Morgan fingerprint density at radius 2 is 2.04 bits per heavy atom. The minimum Gasteiger partial charge on any atom is -0.295 e. The molecule has 0 spiro atoms. The van der Waals surface area contributed by atoms with Crippen LogP contribution in [-0.2, 0) is 9.59 Å². The smallest absolute Gasteiger partial charge is 0.262 e. The molecule has 2 aliphatic rings. The highest BCUT2D eigenvalue weighted by atomic mass is 32.2. The number of aliphatic imine (C=N–C) groups is 1. The Balaban J connectivity index is 1.92. The molecule has 132 valence electrons. The Hall–Kier alpha value is -3.19. The molecule has 0 aromatic heterocycles. The van der Waals surface area contributed by atoms with E-state index in [2.05, 4.69) is 15.6 Å². The molecular formula is C16H13N5O4S. The highest BCUT2D eigenvalue weighted by Crippen LogP contribution is 2.30. The van der Waals surface area contributed by atoms with Crippen molar-refractivity contribution in [2.24, 2.45) is 4.99 Å². The van der Waals surface area contributed by atoms with Crippen LogP contribution in [0.5, 0.6) is 0 Å². The minimum absolute atomic E-state index is 0.0657. The van der Waals surface area contributed by atoms with E-state index in [1.54, 1.807) is 18.5 Å². The minimum atomic E-state index is -1.01. The second-order valence-corrected chi connectivity index (χ2v) is 6.33. The summed E-state index contributed by atoms with van der Waals surface area (Å²) in [5.41, 5.74) is 0.707. The van der Waals surface area contributed by atoms with Gasteiger partial charge in [0.25, 0.3) is 11.8 Å². The molecule has 1 saturated heterocycles. The van der Waals surface area contributed by atoms with Crippen LogP contribution in [-0.4, -0.2) is 46.0 Å². The lowest BCUT2D eigenvalue weighted by atomic mass is 10.0. The Labute approximate surface area is 152 Å². The van der Waals surface area contributed by atoms with E-state index in [9.17, 15) is 19.2 Å². The summed E-state index contributed by atoms with van der Waals surface area (Å²) in [6.45, 7) is 0. The van der Waals surface area contributed by atoms with Gasteiger partial charge in [0.05, 0.1) is 16.8 Å². The van der Waals surface area contributed by atoms with Crippen LogP contribution < -0.4 is 10.6 Å². The number of carbonyl (C=O) groups is 4. The summed E-state index contributed by atoms with van der Waals surface area (Å²) in [6.07, 6.45) is 3.66. The van der Waals surface area contributed by atoms with Crippen LogP contribution in [0.3, 0.4) is 0 Å². The molecule has 0 radical (unpaired) electrons. The van der Waals surface area contributed by atoms with Crippen molar-refractivity contribution in [1.29, 1.82) is 5.26 Å². The summed E-state index contributed by atoms with van der Waals surface area (Å²) in [7, 11) is 0. The molecule has 1 unspecified atom stereocenters. The molecule has 2 aliphatic heterocycles. The van der Waals surface area contributed by atoms with Crippen LogP contribution >= 0.6 is 11.8 Å². The van der Waals surface area contributed by atoms with Crippen LogP contribution in [0.2, 0.25) is 0 Å². The fourth-order valence-corrected chi connectivity index (χ4v) is 3.16. The van der Waals surface area contributed by atoms with Crippen LogP contribution in [0.1, 0.15) is 33.6 Å². The van der Waals surface area contributed by atoms with Crippen molar-refractivity contribution >= 4 is 46.2 Å². The van der Waals surface area contributed by atoms with E-state index < -0.39 is 29.7 Å². The van der Waals surface area contributed by atoms with Crippen LogP contribution in [0, 0.1) is 11.5 Å². The monoisotopic (exact) mass is 371 g/mol. The standard InChI is InChI=1S/C16H13N5O4S/c1-26-16(18-7-17)19-8-2-3-9-10(6-8)15(25)21(14(9)24)11-4-5-12(22)20-13(11)23/h2-3,6,11H,4-5H2,1H3,(H,18,19)(H,20,22,23). The number of hydrogen-bond donors (Lipinski definition) is 2. The largest absolute Gasteiger partial charge is 0.295 e. The number of thioether (sulfide) groups is 1. The predicted molar refractivity (Wildman–Crippen MR) is 92.5 cm³/mol. The van der Waals surface area contributed by atoms with Crippen molar-refractivity contribution in [3.63, 3.8) is 0 Å². The molecule has 1 fully saturated rings. The number of nitriles is 1. The predicted octanol–water partition coefficient (Wildman–Crippen LogP) is 0.509. The molecule has 1 aromatic rings. The Morgan fingerprint density at radius 1 is 1.31 bits per heavy atom. The number of amidine groups is 1. The van der Waals surface area contributed by atoms with E-state index in [1.165, 1.54) is 23.9 Å². The average Bonchev–Trinajstić information content (AvgIpc) is 2.86. The van der Waals surface area contributed by atoms with E-state index in [-0.39, 0.29) is 24.0 Å². The van der Waals surface area contributed by atoms with Gasteiger partial charge >= 0.3 is 0 Å². The molecule has 10 heteroatoms. The van der Waals surface area contributed by atoms with Gasteiger partial charge in [-0.3, -0.25) is 34.7 Å². The molecule has 4 amide bonds. The number of amides is 4. The number of hydrogen-bond acceptors (Lipinski definition) is 7. The summed E-state index contributed by atoms with van der Waals surface area (Å²) in [5.74, 6) is -2.25. The van der Waals surface area contributed by atoms with E-state index >= 15 is 0 Å². The number of piperidine rings is 1. The fourth-order valence-electron chi connectivity index (χ4n) is 2.82. The first-order valence-electron chi connectivity index (χ1n) is 7.59. The molecule has 2 heterocycles. The average molecular weight is 371 g/mol. The van der Waals surface area contributed by atoms with Crippen LogP contribution in [0.25, 0.3) is 0 Å².